The van der Waals surface area contributed by atoms with Gasteiger partial charge in [0.15, 0.2) is 0 Å². The normalized spacial score (nSPS) is 17.3. The maximum atomic E-state index is 12.9. The second-order valence-electron chi connectivity index (χ2n) is 5.69. The van der Waals surface area contributed by atoms with Crippen LogP contribution in [0.2, 0.25) is 0 Å². The van der Waals surface area contributed by atoms with Crippen molar-refractivity contribution in [2.24, 2.45) is 0 Å². The molecule has 0 aliphatic carbocycles. The summed E-state index contributed by atoms with van der Waals surface area (Å²) in [5.74, 6) is -1.27. The topological polar surface area (TPSA) is 86.7 Å². The number of nitrogens with zero attached hydrogens (tertiary/aromatic N) is 1. The Balaban J connectivity index is 1.81. The summed E-state index contributed by atoms with van der Waals surface area (Å²) in [4.78, 5) is 12.7. The van der Waals surface area contributed by atoms with Crippen LogP contribution in [0.25, 0.3) is 0 Å². The van der Waals surface area contributed by atoms with Crippen LogP contribution in [0.15, 0.2) is 29.2 Å². The van der Waals surface area contributed by atoms with E-state index in [1.165, 1.54) is 12.1 Å². The van der Waals surface area contributed by atoms with E-state index in [1.807, 2.05) is 0 Å². The summed E-state index contributed by atoms with van der Waals surface area (Å²) in [6.45, 7) is 2.18. The molecule has 0 spiro atoms. The molecule has 1 aromatic carbocycles. The average molecular weight is 344 g/mol. The van der Waals surface area contributed by atoms with Crippen LogP contribution in [0.4, 0.5) is 4.39 Å². The van der Waals surface area contributed by atoms with Crippen LogP contribution in [-0.2, 0) is 14.8 Å². The van der Waals surface area contributed by atoms with Crippen molar-refractivity contribution in [3.8, 4) is 0 Å². The molecule has 0 atom stereocenters. The Morgan fingerprint density at radius 1 is 1.26 bits per heavy atom. The molecule has 128 valence electrons. The van der Waals surface area contributed by atoms with Crippen molar-refractivity contribution in [3.05, 3.63) is 30.1 Å². The fourth-order valence-corrected chi connectivity index (χ4v) is 3.93. The molecule has 1 aliphatic heterocycles. The number of nitrogens with one attached hydrogen (secondary N) is 1. The van der Waals surface area contributed by atoms with Crippen LogP contribution in [0, 0.1) is 5.82 Å². The predicted octanol–water partition coefficient (Wildman–Crippen LogP) is 1.43. The van der Waals surface area contributed by atoms with Crippen molar-refractivity contribution in [2.75, 3.05) is 19.6 Å². The standard InChI is InChI=1S/C15H21FN2O4S/c16-12-3-5-14(6-4-12)23(21,22)17-13-7-10-18(11-8-13)9-1-2-15(19)20/h3-6,13,17H,1-2,7-11H2,(H,19,20). The molecule has 8 heteroatoms. The van der Waals surface area contributed by atoms with Gasteiger partial charge < -0.3 is 10.0 Å². The third-order valence-electron chi connectivity index (χ3n) is 3.90. The summed E-state index contributed by atoms with van der Waals surface area (Å²) in [6.07, 6.45) is 2.10. The van der Waals surface area contributed by atoms with Gasteiger partial charge in [0.05, 0.1) is 4.90 Å². The molecule has 1 aromatic rings. The minimum Gasteiger partial charge on any atom is -0.481 e. The van der Waals surface area contributed by atoms with E-state index in [-0.39, 0.29) is 17.4 Å². The van der Waals surface area contributed by atoms with Crippen LogP contribution >= 0.6 is 0 Å². The summed E-state index contributed by atoms with van der Waals surface area (Å²) in [6, 6.07) is 4.59. The van der Waals surface area contributed by atoms with Crippen LogP contribution < -0.4 is 4.72 Å². The van der Waals surface area contributed by atoms with Gasteiger partial charge in [-0.3, -0.25) is 4.79 Å². The van der Waals surface area contributed by atoms with Gasteiger partial charge in [0, 0.05) is 12.5 Å². The van der Waals surface area contributed by atoms with Gasteiger partial charge in [-0.1, -0.05) is 0 Å². The second kappa shape index (κ2) is 7.85. The number of hydrogen-bond donors (Lipinski definition) is 2. The smallest absolute Gasteiger partial charge is 0.303 e. The Hall–Kier alpha value is -1.51. The lowest BCUT2D eigenvalue weighted by atomic mass is 10.1. The molecule has 0 saturated carbocycles. The maximum Gasteiger partial charge on any atom is 0.303 e. The monoisotopic (exact) mass is 344 g/mol. The van der Waals surface area contributed by atoms with Crippen molar-refractivity contribution in [1.82, 2.24) is 9.62 Å². The molecular formula is C15H21FN2O4S. The molecule has 0 radical (unpaired) electrons. The summed E-state index contributed by atoms with van der Waals surface area (Å²) < 4.78 is 40.0. The van der Waals surface area contributed by atoms with Crippen molar-refractivity contribution < 1.29 is 22.7 Å². The van der Waals surface area contributed by atoms with Crippen LogP contribution in [0.1, 0.15) is 25.7 Å². The number of likely N-dealkylation sites (tertiary alicyclic amines) is 1. The molecule has 6 nitrogen and oxygen atoms in total. The molecule has 2 rings (SSSR count). The Bertz CT molecular complexity index is 625. The minimum atomic E-state index is -3.64. The van der Waals surface area contributed by atoms with Crippen LogP contribution in [0.5, 0.6) is 0 Å². The maximum absolute atomic E-state index is 12.9. The Labute approximate surface area is 135 Å². The zero-order valence-electron chi connectivity index (χ0n) is 12.7. The van der Waals surface area contributed by atoms with E-state index in [4.69, 9.17) is 5.11 Å². The number of carboxylic acids is 1. The fourth-order valence-electron chi connectivity index (χ4n) is 2.63. The molecule has 1 fully saturated rings. The second-order valence-corrected chi connectivity index (χ2v) is 7.40. The molecule has 1 aliphatic rings. The van der Waals surface area contributed by atoms with E-state index in [9.17, 15) is 17.6 Å². The quantitative estimate of drug-likeness (QED) is 0.781. The Morgan fingerprint density at radius 2 is 1.87 bits per heavy atom. The molecule has 0 unspecified atom stereocenters. The number of rotatable bonds is 7. The van der Waals surface area contributed by atoms with Gasteiger partial charge in [-0.05, 0) is 63.2 Å². The molecule has 0 aromatic heterocycles. The molecule has 0 amide bonds. The number of aliphatic carboxylic acids is 1. The lowest BCUT2D eigenvalue weighted by molar-refractivity contribution is -0.137. The largest absolute Gasteiger partial charge is 0.481 e. The van der Waals surface area contributed by atoms with E-state index >= 15 is 0 Å². The zero-order chi connectivity index (χ0) is 16.9. The summed E-state index contributed by atoms with van der Waals surface area (Å²) in [7, 11) is -3.64. The van der Waals surface area contributed by atoms with Gasteiger partial charge in [0.1, 0.15) is 5.82 Å². The zero-order valence-corrected chi connectivity index (χ0v) is 13.6. The first-order chi connectivity index (χ1) is 10.9. The lowest BCUT2D eigenvalue weighted by Crippen LogP contribution is -2.44. The van der Waals surface area contributed by atoms with E-state index in [0.717, 1.165) is 25.2 Å². The highest BCUT2D eigenvalue weighted by Crippen LogP contribution is 2.16. The Kier molecular flexibility index (Phi) is 6.09. The SMILES string of the molecule is O=C(O)CCCN1CCC(NS(=O)(=O)c2ccc(F)cc2)CC1. The molecule has 23 heavy (non-hydrogen) atoms. The first kappa shape index (κ1) is 17.8. The van der Waals surface area contributed by atoms with Gasteiger partial charge in [0.2, 0.25) is 10.0 Å². The average Bonchev–Trinajstić information content (AvgIpc) is 2.49. The highest BCUT2D eigenvalue weighted by molar-refractivity contribution is 7.89. The van der Waals surface area contributed by atoms with E-state index in [1.54, 1.807) is 0 Å². The third kappa shape index (κ3) is 5.56. The number of hydrogen-bond acceptors (Lipinski definition) is 4. The van der Waals surface area contributed by atoms with Gasteiger partial charge >= 0.3 is 5.97 Å². The van der Waals surface area contributed by atoms with Crippen molar-refractivity contribution in [1.29, 1.82) is 0 Å². The number of piperidine rings is 1. The van der Waals surface area contributed by atoms with Gasteiger partial charge in [-0.25, -0.2) is 17.5 Å². The van der Waals surface area contributed by atoms with Gasteiger partial charge in [0.25, 0.3) is 0 Å². The first-order valence-corrected chi connectivity index (χ1v) is 9.07. The summed E-state index contributed by atoms with van der Waals surface area (Å²) in [5.41, 5.74) is 0. The van der Waals surface area contributed by atoms with Gasteiger partial charge in [-0.15, -0.1) is 0 Å². The predicted molar refractivity (Wildman–Crippen MR) is 83.1 cm³/mol. The first-order valence-electron chi connectivity index (χ1n) is 7.59. The highest BCUT2D eigenvalue weighted by atomic mass is 32.2. The fraction of sp³-hybridized carbons (Fsp3) is 0.533. The number of carboxylic acid groups (broad SMARTS) is 1. The van der Waals surface area contributed by atoms with Crippen LogP contribution in [-0.4, -0.2) is 50.1 Å². The highest BCUT2D eigenvalue weighted by Gasteiger charge is 2.24. The van der Waals surface area contributed by atoms with E-state index in [2.05, 4.69) is 9.62 Å². The van der Waals surface area contributed by atoms with E-state index in [0.29, 0.717) is 25.8 Å². The van der Waals surface area contributed by atoms with Crippen LogP contribution in [0.3, 0.4) is 0 Å². The summed E-state index contributed by atoms with van der Waals surface area (Å²) in [5, 5.41) is 8.62. The molecule has 2 N–H and O–H groups in total. The van der Waals surface area contributed by atoms with Crippen molar-refractivity contribution in [2.45, 2.75) is 36.6 Å². The molecular weight excluding hydrogens is 323 g/mol. The molecule has 1 heterocycles. The lowest BCUT2D eigenvalue weighted by Gasteiger charge is -2.32. The van der Waals surface area contributed by atoms with Crippen molar-refractivity contribution in [3.63, 3.8) is 0 Å². The molecule has 1 saturated heterocycles. The van der Waals surface area contributed by atoms with Gasteiger partial charge in [-0.2, -0.15) is 0 Å². The minimum absolute atomic E-state index is 0.0581. The number of halogens is 1. The van der Waals surface area contributed by atoms with Crippen molar-refractivity contribution >= 4 is 16.0 Å². The molecule has 0 bridgehead atoms. The van der Waals surface area contributed by atoms with E-state index < -0.39 is 21.8 Å². The summed E-state index contributed by atoms with van der Waals surface area (Å²) >= 11 is 0. The Morgan fingerprint density at radius 3 is 2.43 bits per heavy atom. The number of sulfonamides is 1. The number of carbonyl (C=O) groups is 1. The number of benzene rings is 1. The third-order valence-corrected chi connectivity index (χ3v) is 5.43.